The van der Waals surface area contributed by atoms with Crippen molar-refractivity contribution in [3.63, 3.8) is 0 Å². The molecule has 3 aromatic heterocycles. The SMILES string of the molecule is c1ccc(CCN(CCc2ccccn2)Cc2cccc3cc[nH]c23)nc1. The van der Waals surface area contributed by atoms with Crippen molar-refractivity contribution in [2.75, 3.05) is 13.1 Å². The molecule has 1 N–H and O–H groups in total. The van der Waals surface area contributed by atoms with Crippen LogP contribution in [0.15, 0.2) is 79.3 Å². The van der Waals surface area contributed by atoms with Gasteiger partial charge in [0, 0.05) is 68.0 Å². The minimum atomic E-state index is 0.914. The van der Waals surface area contributed by atoms with Crippen LogP contribution in [0.3, 0.4) is 0 Å². The standard InChI is InChI=1S/C23H24N4/c1-3-13-24-21(8-1)11-16-27(17-12-22-9-2-4-14-25-22)18-20-7-5-6-19-10-15-26-23(19)20/h1-10,13-15,26H,11-12,16-18H2. The van der Waals surface area contributed by atoms with Crippen LogP contribution in [0, 0.1) is 0 Å². The van der Waals surface area contributed by atoms with E-state index in [1.807, 2.05) is 30.7 Å². The third-order valence-corrected chi connectivity index (χ3v) is 4.89. The topological polar surface area (TPSA) is 44.8 Å². The molecule has 3 heterocycles. The number of benzene rings is 1. The van der Waals surface area contributed by atoms with E-state index in [-0.39, 0.29) is 0 Å². The maximum absolute atomic E-state index is 4.47. The second kappa shape index (κ2) is 8.60. The third kappa shape index (κ3) is 4.60. The summed E-state index contributed by atoms with van der Waals surface area (Å²) in [6.07, 6.45) is 7.65. The molecule has 0 radical (unpaired) electrons. The van der Waals surface area contributed by atoms with Gasteiger partial charge in [-0.2, -0.15) is 0 Å². The van der Waals surface area contributed by atoms with E-state index in [0.29, 0.717) is 0 Å². The molecule has 4 nitrogen and oxygen atoms in total. The van der Waals surface area contributed by atoms with Crippen LogP contribution in [0.25, 0.3) is 10.9 Å². The van der Waals surface area contributed by atoms with Gasteiger partial charge >= 0.3 is 0 Å². The van der Waals surface area contributed by atoms with Gasteiger partial charge in [-0.05, 0) is 41.3 Å². The minimum Gasteiger partial charge on any atom is -0.361 e. The molecule has 0 saturated carbocycles. The minimum absolute atomic E-state index is 0.914. The fraction of sp³-hybridized carbons (Fsp3) is 0.217. The molecule has 0 atom stereocenters. The Labute approximate surface area is 159 Å². The van der Waals surface area contributed by atoms with E-state index in [1.54, 1.807) is 0 Å². The van der Waals surface area contributed by atoms with Crippen molar-refractivity contribution >= 4 is 10.9 Å². The van der Waals surface area contributed by atoms with Gasteiger partial charge in [-0.3, -0.25) is 14.9 Å². The van der Waals surface area contributed by atoms with Gasteiger partial charge in [0.05, 0.1) is 0 Å². The molecule has 0 unspecified atom stereocenters. The number of nitrogens with zero attached hydrogens (tertiary/aromatic N) is 3. The highest BCUT2D eigenvalue weighted by Crippen LogP contribution is 2.19. The zero-order valence-electron chi connectivity index (χ0n) is 15.4. The van der Waals surface area contributed by atoms with E-state index in [4.69, 9.17) is 0 Å². The van der Waals surface area contributed by atoms with Crippen molar-refractivity contribution < 1.29 is 0 Å². The van der Waals surface area contributed by atoms with E-state index in [0.717, 1.165) is 43.9 Å². The lowest BCUT2D eigenvalue weighted by Gasteiger charge is -2.22. The van der Waals surface area contributed by atoms with Crippen molar-refractivity contribution in [1.82, 2.24) is 19.9 Å². The van der Waals surface area contributed by atoms with Gasteiger partial charge in [0.2, 0.25) is 0 Å². The second-order valence-electron chi connectivity index (χ2n) is 6.78. The second-order valence-corrected chi connectivity index (χ2v) is 6.78. The molecule has 4 heteroatoms. The summed E-state index contributed by atoms with van der Waals surface area (Å²) in [5, 5.41) is 1.27. The highest BCUT2D eigenvalue weighted by atomic mass is 15.1. The molecule has 0 saturated heterocycles. The first-order valence-electron chi connectivity index (χ1n) is 9.46. The Morgan fingerprint density at radius 2 is 1.44 bits per heavy atom. The summed E-state index contributed by atoms with van der Waals surface area (Å²) >= 11 is 0. The molecule has 4 rings (SSSR count). The van der Waals surface area contributed by atoms with Crippen LogP contribution in [-0.4, -0.2) is 32.9 Å². The number of rotatable bonds is 8. The monoisotopic (exact) mass is 356 g/mol. The first-order chi connectivity index (χ1) is 13.4. The molecule has 136 valence electrons. The first kappa shape index (κ1) is 17.4. The van der Waals surface area contributed by atoms with Crippen LogP contribution < -0.4 is 0 Å². The Morgan fingerprint density at radius 1 is 0.741 bits per heavy atom. The average Bonchev–Trinajstić information content (AvgIpc) is 3.21. The van der Waals surface area contributed by atoms with E-state index in [1.165, 1.54) is 16.5 Å². The van der Waals surface area contributed by atoms with Crippen LogP contribution in [0.4, 0.5) is 0 Å². The van der Waals surface area contributed by atoms with Crippen LogP contribution in [0.5, 0.6) is 0 Å². The summed E-state index contributed by atoms with van der Waals surface area (Å²) in [4.78, 5) is 14.8. The van der Waals surface area contributed by atoms with Gasteiger partial charge in [-0.25, -0.2) is 0 Å². The summed E-state index contributed by atoms with van der Waals surface area (Å²) in [7, 11) is 0. The highest BCUT2D eigenvalue weighted by molar-refractivity contribution is 5.82. The number of pyridine rings is 2. The maximum Gasteiger partial charge on any atom is 0.0499 e. The quantitative estimate of drug-likeness (QED) is 0.513. The Balaban J connectivity index is 1.48. The number of hydrogen-bond acceptors (Lipinski definition) is 3. The number of para-hydroxylation sites is 1. The summed E-state index contributed by atoms with van der Waals surface area (Å²) in [5.74, 6) is 0. The maximum atomic E-state index is 4.47. The number of fused-ring (bicyclic) bond motifs is 1. The van der Waals surface area contributed by atoms with Crippen LogP contribution in [0.1, 0.15) is 17.0 Å². The molecule has 0 spiro atoms. The highest BCUT2D eigenvalue weighted by Gasteiger charge is 2.10. The summed E-state index contributed by atoms with van der Waals surface area (Å²) in [5.41, 5.74) is 4.84. The van der Waals surface area contributed by atoms with Crippen molar-refractivity contribution in [3.8, 4) is 0 Å². The van der Waals surface area contributed by atoms with Crippen molar-refractivity contribution in [2.45, 2.75) is 19.4 Å². The fourth-order valence-corrected chi connectivity index (χ4v) is 3.43. The van der Waals surface area contributed by atoms with Crippen molar-refractivity contribution in [1.29, 1.82) is 0 Å². The van der Waals surface area contributed by atoms with Gasteiger partial charge in [0.1, 0.15) is 0 Å². The Kier molecular flexibility index (Phi) is 5.56. The molecule has 0 amide bonds. The molecule has 1 aromatic carbocycles. The van der Waals surface area contributed by atoms with Crippen LogP contribution in [0.2, 0.25) is 0 Å². The molecule has 0 aliphatic carbocycles. The van der Waals surface area contributed by atoms with Gasteiger partial charge in [0.25, 0.3) is 0 Å². The molecule has 0 aliphatic heterocycles. The average molecular weight is 356 g/mol. The number of aromatic nitrogens is 3. The van der Waals surface area contributed by atoms with E-state index < -0.39 is 0 Å². The zero-order chi connectivity index (χ0) is 18.3. The smallest absolute Gasteiger partial charge is 0.0499 e. The van der Waals surface area contributed by atoms with Gasteiger partial charge in [0.15, 0.2) is 0 Å². The first-order valence-corrected chi connectivity index (χ1v) is 9.46. The zero-order valence-corrected chi connectivity index (χ0v) is 15.4. The fourth-order valence-electron chi connectivity index (χ4n) is 3.43. The van der Waals surface area contributed by atoms with Gasteiger partial charge in [-0.1, -0.05) is 30.3 Å². The van der Waals surface area contributed by atoms with Gasteiger partial charge in [-0.15, -0.1) is 0 Å². The Bertz CT molecular complexity index is 920. The Hall–Kier alpha value is -2.98. The summed E-state index contributed by atoms with van der Waals surface area (Å²) < 4.78 is 0. The predicted molar refractivity (Wildman–Crippen MR) is 109 cm³/mol. The number of aromatic amines is 1. The largest absolute Gasteiger partial charge is 0.361 e. The normalized spacial score (nSPS) is 11.3. The Morgan fingerprint density at radius 3 is 2.07 bits per heavy atom. The lowest BCUT2D eigenvalue weighted by atomic mass is 10.1. The van der Waals surface area contributed by atoms with E-state index in [2.05, 4.69) is 68.4 Å². The van der Waals surface area contributed by atoms with E-state index in [9.17, 15) is 0 Å². The number of nitrogens with one attached hydrogen (secondary N) is 1. The molecular formula is C23H24N4. The van der Waals surface area contributed by atoms with Gasteiger partial charge < -0.3 is 4.98 Å². The van der Waals surface area contributed by atoms with Crippen molar-refractivity contribution in [3.05, 3.63) is 96.2 Å². The predicted octanol–water partition coefficient (Wildman–Crippen LogP) is 4.25. The molecule has 27 heavy (non-hydrogen) atoms. The molecule has 4 aromatic rings. The molecular weight excluding hydrogens is 332 g/mol. The molecule has 0 aliphatic rings. The molecule has 0 fully saturated rings. The third-order valence-electron chi connectivity index (χ3n) is 4.89. The lowest BCUT2D eigenvalue weighted by Crippen LogP contribution is -2.28. The summed E-state index contributed by atoms with van der Waals surface area (Å²) in [6, 6.07) is 20.9. The molecule has 0 bridgehead atoms. The van der Waals surface area contributed by atoms with E-state index >= 15 is 0 Å². The summed E-state index contributed by atoms with van der Waals surface area (Å²) in [6.45, 7) is 2.86. The van der Waals surface area contributed by atoms with Crippen molar-refractivity contribution in [2.24, 2.45) is 0 Å². The number of H-pyrrole nitrogens is 1. The van der Waals surface area contributed by atoms with Crippen LogP contribution in [-0.2, 0) is 19.4 Å². The number of hydrogen-bond donors (Lipinski definition) is 1. The van der Waals surface area contributed by atoms with Crippen LogP contribution >= 0.6 is 0 Å². The lowest BCUT2D eigenvalue weighted by molar-refractivity contribution is 0.271.